The van der Waals surface area contributed by atoms with Gasteiger partial charge in [0.05, 0.1) is 11.6 Å². The smallest absolute Gasteiger partial charge is 0.240 e. The van der Waals surface area contributed by atoms with Crippen LogP contribution in [0.25, 0.3) is 0 Å². The summed E-state index contributed by atoms with van der Waals surface area (Å²) in [5.41, 5.74) is 6.16. The molecule has 0 aliphatic heterocycles. The first kappa shape index (κ1) is 14.1. The summed E-state index contributed by atoms with van der Waals surface area (Å²) in [6.07, 6.45) is 1.58. The quantitative estimate of drug-likeness (QED) is 0.847. The van der Waals surface area contributed by atoms with Gasteiger partial charge in [0.15, 0.2) is 0 Å². The van der Waals surface area contributed by atoms with Crippen molar-refractivity contribution in [3.63, 3.8) is 0 Å². The van der Waals surface area contributed by atoms with Crippen LogP contribution in [0.5, 0.6) is 0 Å². The van der Waals surface area contributed by atoms with Crippen LogP contribution in [-0.4, -0.2) is 16.4 Å². The number of hydrogen-bond donors (Lipinski definition) is 2. The van der Waals surface area contributed by atoms with Gasteiger partial charge in [0.25, 0.3) is 0 Å². The summed E-state index contributed by atoms with van der Waals surface area (Å²) in [6.45, 7) is 7.66. The molecule has 0 fully saturated rings. The van der Waals surface area contributed by atoms with Gasteiger partial charge in [0.1, 0.15) is 5.01 Å². The van der Waals surface area contributed by atoms with Crippen LogP contribution in [0.1, 0.15) is 50.4 Å². The lowest BCUT2D eigenvalue weighted by Crippen LogP contribution is -2.52. The van der Waals surface area contributed by atoms with E-state index in [0.717, 1.165) is 17.1 Å². The Labute approximate surface area is 107 Å². The third-order valence-electron chi connectivity index (χ3n) is 2.64. The Bertz CT molecular complexity index is 387. The third kappa shape index (κ3) is 3.78. The van der Waals surface area contributed by atoms with Crippen LogP contribution in [0.2, 0.25) is 0 Å². The van der Waals surface area contributed by atoms with E-state index >= 15 is 0 Å². The molecule has 96 valence electrons. The van der Waals surface area contributed by atoms with E-state index in [2.05, 4.69) is 10.3 Å². The van der Waals surface area contributed by atoms with Gasteiger partial charge in [0.2, 0.25) is 5.91 Å². The van der Waals surface area contributed by atoms with Crippen molar-refractivity contribution in [3.05, 3.63) is 16.1 Å². The molecule has 0 aromatic carbocycles. The number of hydrogen-bond acceptors (Lipinski definition) is 4. The number of nitrogens with zero attached hydrogens (tertiary/aromatic N) is 1. The van der Waals surface area contributed by atoms with Gasteiger partial charge in [-0.25, -0.2) is 4.98 Å². The van der Waals surface area contributed by atoms with Crippen molar-refractivity contribution in [2.24, 2.45) is 5.73 Å². The Morgan fingerprint density at radius 2 is 2.35 bits per heavy atom. The molecule has 3 N–H and O–H groups in total. The monoisotopic (exact) mass is 255 g/mol. The molecule has 0 spiro atoms. The molecule has 2 atom stereocenters. The zero-order valence-corrected chi connectivity index (χ0v) is 11.7. The number of nitrogens with two attached hydrogens (primary N) is 1. The number of aromatic nitrogens is 1. The molecule has 0 saturated heterocycles. The standard InChI is InChI=1S/C12H21N3OS/c1-5-6-12(4,13)11(16)15-9(3)10-14-8(2)7-17-10/h7,9H,5-6,13H2,1-4H3,(H,15,16). The number of carbonyl (C=O) groups is 1. The van der Waals surface area contributed by atoms with Crippen LogP contribution >= 0.6 is 11.3 Å². The number of amides is 1. The fraction of sp³-hybridized carbons (Fsp3) is 0.667. The summed E-state index contributed by atoms with van der Waals surface area (Å²) in [5, 5.41) is 5.82. The van der Waals surface area contributed by atoms with E-state index in [1.807, 2.05) is 26.2 Å². The molecular weight excluding hydrogens is 234 g/mol. The predicted octanol–water partition coefficient (Wildman–Crippen LogP) is 2.15. The SMILES string of the molecule is CCCC(C)(N)C(=O)NC(C)c1nc(C)cs1. The van der Waals surface area contributed by atoms with Crippen molar-refractivity contribution in [1.82, 2.24) is 10.3 Å². The molecule has 0 saturated carbocycles. The van der Waals surface area contributed by atoms with Crippen molar-refractivity contribution >= 4 is 17.2 Å². The van der Waals surface area contributed by atoms with E-state index in [1.54, 1.807) is 18.3 Å². The number of carbonyl (C=O) groups excluding carboxylic acids is 1. The molecule has 2 unspecified atom stereocenters. The molecule has 1 heterocycles. The summed E-state index contributed by atoms with van der Waals surface area (Å²) in [5.74, 6) is -0.111. The van der Waals surface area contributed by atoms with Crippen LogP contribution in [0, 0.1) is 6.92 Å². The largest absolute Gasteiger partial charge is 0.346 e. The molecule has 1 aromatic rings. The highest BCUT2D eigenvalue weighted by molar-refractivity contribution is 7.09. The van der Waals surface area contributed by atoms with Crippen molar-refractivity contribution in [1.29, 1.82) is 0 Å². The lowest BCUT2D eigenvalue weighted by molar-refractivity contribution is -0.126. The highest BCUT2D eigenvalue weighted by Crippen LogP contribution is 2.18. The molecule has 4 nitrogen and oxygen atoms in total. The second kappa shape index (κ2) is 5.60. The first-order chi connectivity index (χ1) is 7.86. The van der Waals surface area contributed by atoms with E-state index < -0.39 is 5.54 Å². The van der Waals surface area contributed by atoms with E-state index in [-0.39, 0.29) is 11.9 Å². The van der Waals surface area contributed by atoms with E-state index in [4.69, 9.17) is 5.73 Å². The molecule has 0 bridgehead atoms. The molecule has 17 heavy (non-hydrogen) atoms. The number of rotatable bonds is 5. The highest BCUT2D eigenvalue weighted by Gasteiger charge is 2.28. The fourth-order valence-corrected chi connectivity index (χ4v) is 2.43. The van der Waals surface area contributed by atoms with E-state index in [1.165, 1.54) is 0 Å². The van der Waals surface area contributed by atoms with Crippen molar-refractivity contribution in [2.75, 3.05) is 0 Å². The van der Waals surface area contributed by atoms with Gasteiger partial charge in [-0.3, -0.25) is 4.79 Å². The van der Waals surface area contributed by atoms with Crippen LogP contribution < -0.4 is 11.1 Å². The topological polar surface area (TPSA) is 68.0 Å². The second-order valence-electron chi connectivity index (χ2n) is 4.69. The Morgan fingerprint density at radius 1 is 1.71 bits per heavy atom. The fourth-order valence-electron chi connectivity index (χ4n) is 1.63. The van der Waals surface area contributed by atoms with Gasteiger partial charge in [-0.2, -0.15) is 0 Å². The summed E-state index contributed by atoms with van der Waals surface area (Å²) < 4.78 is 0. The third-order valence-corrected chi connectivity index (χ3v) is 3.79. The van der Waals surface area contributed by atoms with Crippen molar-refractivity contribution in [2.45, 2.75) is 52.1 Å². The van der Waals surface area contributed by atoms with Gasteiger partial charge < -0.3 is 11.1 Å². The number of aryl methyl sites for hydroxylation is 1. The minimum atomic E-state index is -0.796. The number of thiazole rings is 1. The Hall–Kier alpha value is -0.940. The average Bonchev–Trinajstić information content (AvgIpc) is 2.64. The van der Waals surface area contributed by atoms with Crippen LogP contribution in [0.15, 0.2) is 5.38 Å². The van der Waals surface area contributed by atoms with Gasteiger partial charge in [-0.1, -0.05) is 13.3 Å². The molecule has 1 aromatic heterocycles. The predicted molar refractivity (Wildman–Crippen MR) is 70.9 cm³/mol. The van der Waals surface area contributed by atoms with Crippen LogP contribution in [0.3, 0.4) is 0 Å². The molecule has 0 radical (unpaired) electrons. The minimum absolute atomic E-state index is 0.0825. The molecule has 1 amide bonds. The van der Waals surface area contributed by atoms with Crippen LogP contribution in [0.4, 0.5) is 0 Å². The first-order valence-corrected chi connectivity index (χ1v) is 6.76. The number of nitrogens with one attached hydrogen (secondary N) is 1. The summed E-state index contributed by atoms with van der Waals surface area (Å²) in [7, 11) is 0. The van der Waals surface area contributed by atoms with Gasteiger partial charge in [-0.05, 0) is 27.2 Å². The summed E-state index contributed by atoms with van der Waals surface area (Å²) >= 11 is 1.56. The maximum atomic E-state index is 12.0. The zero-order chi connectivity index (χ0) is 13.1. The van der Waals surface area contributed by atoms with E-state index in [0.29, 0.717) is 6.42 Å². The Morgan fingerprint density at radius 3 is 2.82 bits per heavy atom. The first-order valence-electron chi connectivity index (χ1n) is 5.88. The Balaban J connectivity index is 2.63. The second-order valence-corrected chi connectivity index (χ2v) is 5.58. The summed E-state index contributed by atoms with van der Waals surface area (Å²) in [6, 6.07) is -0.0825. The summed E-state index contributed by atoms with van der Waals surface area (Å²) in [4.78, 5) is 16.3. The molecule has 5 heteroatoms. The average molecular weight is 255 g/mol. The Kier molecular flexibility index (Phi) is 4.65. The molecule has 1 rings (SSSR count). The molecular formula is C12H21N3OS. The van der Waals surface area contributed by atoms with E-state index in [9.17, 15) is 4.79 Å². The van der Waals surface area contributed by atoms with Crippen LogP contribution in [-0.2, 0) is 4.79 Å². The highest BCUT2D eigenvalue weighted by atomic mass is 32.1. The van der Waals surface area contributed by atoms with Crippen molar-refractivity contribution < 1.29 is 4.79 Å². The van der Waals surface area contributed by atoms with Crippen molar-refractivity contribution in [3.8, 4) is 0 Å². The van der Waals surface area contributed by atoms with Gasteiger partial charge >= 0.3 is 0 Å². The maximum Gasteiger partial charge on any atom is 0.240 e. The zero-order valence-electron chi connectivity index (χ0n) is 10.9. The lowest BCUT2D eigenvalue weighted by atomic mass is 9.96. The molecule has 0 aliphatic rings. The van der Waals surface area contributed by atoms with Gasteiger partial charge in [0, 0.05) is 11.1 Å². The maximum absolute atomic E-state index is 12.0. The lowest BCUT2D eigenvalue weighted by Gasteiger charge is -2.24. The minimum Gasteiger partial charge on any atom is -0.346 e. The normalized spacial score (nSPS) is 16.3. The molecule has 0 aliphatic carbocycles. The van der Waals surface area contributed by atoms with Gasteiger partial charge in [-0.15, -0.1) is 11.3 Å².